The SMILES string of the molecule is CN(C)S(=O)(=O)c1ccc(Cl)c(C(=O)NCC(O)COc2cccc(C(F)(F)F)c2)c1. The van der Waals surface area contributed by atoms with Gasteiger partial charge in [0, 0.05) is 20.6 Å². The Labute approximate surface area is 182 Å². The van der Waals surface area contributed by atoms with Crippen molar-refractivity contribution < 1.29 is 36.2 Å². The van der Waals surface area contributed by atoms with Crippen LogP contribution < -0.4 is 10.1 Å². The van der Waals surface area contributed by atoms with Crippen LogP contribution in [0.5, 0.6) is 5.75 Å². The molecule has 7 nitrogen and oxygen atoms in total. The molecule has 2 rings (SSSR count). The van der Waals surface area contributed by atoms with E-state index in [1.807, 2.05) is 0 Å². The Balaban J connectivity index is 1.99. The predicted molar refractivity (Wildman–Crippen MR) is 108 cm³/mol. The van der Waals surface area contributed by atoms with Crippen LogP contribution in [0.25, 0.3) is 0 Å². The monoisotopic (exact) mass is 480 g/mol. The first-order chi connectivity index (χ1) is 14.3. The van der Waals surface area contributed by atoms with Crippen molar-refractivity contribution in [3.8, 4) is 5.75 Å². The second kappa shape index (κ2) is 9.86. The van der Waals surface area contributed by atoms with Crippen molar-refractivity contribution >= 4 is 27.5 Å². The number of alkyl halides is 3. The number of nitrogens with zero attached hydrogens (tertiary/aromatic N) is 1. The number of sulfonamides is 1. The highest BCUT2D eigenvalue weighted by atomic mass is 35.5. The molecule has 1 atom stereocenters. The summed E-state index contributed by atoms with van der Waals surface area (Å²) in [5.41, 5.74) is -1.01. The molecule has 1 amide bonds. The summed E-state index contributed by atoms with van der Waals surface area (Å²) in [6, 6.07) is 7.78. The van der Waals surface area contributed by atoms with Crippen molar-refractivity contribution in [2.75, 3.05) is 27.2 Å². The molecule has 0 aromatic heterocycles. The second-order valence-electron chi connectivity index (χ2n) is 6.63. The topological polar surface area (TPSA) is 95.9 Å². The zero-order valence-electron chi connectivity index (χ0n) is 16.5. The van der Waals surface area contributed by atoms with Crippen LogP contribution in [0.2, 0.25) is 5.02 Å². The van der Waals surface area contributed by atoms with Crippen LogP contribution in [0.4, 0.5) is 13.2 Å². The smallest absolute Gasteiger partial charge is 0.416 e. The molecule has 0 aliphatic rings. The number of hydrogen-bond acceptors (Lipinski definition) is 5. The lowest BCUT2D eigenvalue weighted by atomic mass is 10.2. The van der Waals surface area contributed by atoms with Crippen molar-refractivity contribution in [2.24, 2.45) is 0 Å². The standard InChI is InChI=1S/C19H20ClF3N2O5S/c1-25(2)31(28,29)15-6-7-17(20)16(9-15)18(27)24-10-13(26)11-30-14-5-3-4-12(8-14)19(21,22)23/h3-9,13,26H,10-11H2,1-2H3,(H,24,27). The molecule has 0 fully saturated rings. The number of carbonyl (C=O) groups excluding carboxylic acids is 1. The molecule has 31 heavy (non-hydrogen) atoms. The van der Waals surface area contributed by atoms with E-state index in [-0.39, 0.29) is 34.4 Å². The van der Waals surface area contributed by atoms with E-state index in [0.717, 1.165) is 22.5 Å². The van der Waals surface area contributed by atoms with Crippen LogP contribution in [0, 0.1) is 0 Å². The molecule has 0 aliphatic heterocycles. The summed E-state index contributed by atoms with van der Waals surface area (Å²) in [4.78, 5) is 12.2. The van der Waals surface area contributed by atoms with E-state index in [2.05, 4.69) is 5.32 Å². The highest BCUT2D eigenvalue weighted by molar-refractivity contribution is 7.89. The van der Waals surface area contributed by atoms with Gasteiger partial charge >= 0.3 is 6.18 Å². The predicted octanol–water partition coefficient (Wildman–Crippen LogP) is 2.78. The zero-order chi connectivity index (χ0) is 23.4. The van der Waals surface area contributed by atoms with Gasteiger partial charge in [0.2, 0.25) is 10.0 Å². The highest BCUT2D eigenvalue weighted by Crippen LogP contribution is 2.31. The summed E-state index contributed by atoms with van der Waals surface area (Å²) < 4.78 is 68.7. The average Bonchev–Trinajstić information content (AvgIpc) is 2.70. The minimum atomic E-state index is -4.53. The summed E-state index contributed by atoms with van der Waals surface area (Å²) in [7, 11) is -1.11. The minimum Gasteiger partial charge on any atom is -0.491 e. The van der Waals surface area contributed by atoms with E-state index < -0.39 is 33.8 Å². The van der Waals surface area contributed by atoms with E-state index in [9.17, 15) is 31.5 Å². The Morgan fingerprint density at radius 1 is 1.23 bits per heavy atom. The average molecular weight is 481 g/mol. The molecule has 0 saturated heterocycles. The van der Waals surface area contributed by atoms with Crippen LogP contribution in [0.15, 0.2) is 47.4 Å². The van der Waals surface area contributed by atoms with Gasteiger partial charge in [-0.05, 0) is 36.4 Å². The van der Waals surface area contributed by atoms with E-state index in [1.165, 1.54) is 38.4 Å². The van der Waals surface area contributed by atoms with Crippen molar-refractivity contribution in [3.05, 3.63) is 58.6 Å². The van der Waals surface area contributed by atoms with Gasteiger partial charge in [0.15, 0.2) is 0 Å². The molecule has 0 radical (unpaired) electrons. The lowest BCUT2D eigenvalue weighted by Gasteiger charge is -2.16. The Morgan fingerprint density at radius 3 is 2.52 bits per heavy atom. The number of aliphatic hydroxyl groups is 1. The Bertz CT molecular complexity index is 1050. The van der Waals surface area contributed by atoms with Gasteiger partial charge in [-0.1, -0.05) is 17.7 Å². The molecular weight excluding hydrogens is 461 g/mol. The fourth-order valence-electron chi connectivity index (χ4n) is 2.37. The number of rotatable bonds is 8. The van der Waals surface area contributed by atoms with Gasteiger partial charge in [0.25, 0.3) is 5.91 Å². The van der Waals surface area contributed by atoms with Crippen molar-refractivity contribution in [2.45, 2.75) is 17.2 Å². The lowest BCUT2D eigenvalue weighted by Crippen LogP contribution is -2.35. The number of aliphatic hydroxyl groups excluding tert-OH is 1. The Hall–Kier alpha value is -2.34. The van der Waals surface area contributed by atoms with Crippen LogP contribution in [0.3, 0.4) is 0 Å². The summed E-state index contributed by atoms with van der Waals surface area (Å²) in [6.07, 6.45) is -5.77. The fraction of sp³-hybridized carbons (Fsp3) is 0.316. The molecule has 12 heteroatoms. The van der Waals surface area contributed by atoms with Crippen LogP contribution in [-0.2, 0) is 16.2 Å². The molecule has 0 aliphatic carbocycles. The fourth-order valence-corrected chi connectivity index (χ4v) is 3.50. The van der Waals surface area contributed by atoms with Gasteiger partial charge in [-0.25, -0.2) is 12.7 Å². The van der Waals surface area contributed by atoms with Gasteiger partial charge in [0.1, 0.15) is 18.5 Å². The van der Waals surface area contributed by atoms with E-state index in [0.29, 0.717) is 0 Å². The second-order valence-corrected chi connectivity index (χ2v) is 9.19. The van der Waals surface area contributed by atoms with Gasteiger partial charge in [-0.3, -0.25) is 4.79 Å². The number of nitrogens with one attached hydrogen (secondary N) is 1. The normalized spacial score (nSPS) is 13.2. The molecule has 0 bridgehead atoms. The quantitative estimate of drug-likeness (QED) is 0.605. The van der Waals surface area contributed by atoms with Gasteiger partial charge < -0.3 is 15.2 Å². The number of hydrogen-bond donors (Lipinski definition) is 2. The van der Waals surface area contributed by atoms with Gasteiger partial charge in [-0.2, -0.15) is 13.2 Å². The highest BCUT2D eigenvalue weighted by Gasteiger charge is 2.30. The first-order valence-electron chi connectivity index (χ1n) is 8.80. The maximum atomic E-state index is 12.7. The van der Waals surface area contributed by atoms with Crippen molar-refractivity contribution in [1.29, 1.82) is 0 Å². The Morgan fingerprint density at radius 2 is 1.90 bits per heavy atom. The molecule has 0 spiro atoms. The third-order valence-electron chi connectivity index (χ3n) is 4.06. The number of ether oxygens (including phenoxy) is 1. The minimum absolute atomic E-state index is 0.00455. The molecule has 2 N–H and O–H groups in total. The van der Waals surface area contributed by atoms with Crippen molar-refractivity contribution in [1.82, 2.24) is 9.62 Å². The molecule has 0 heterocycles. The maximum absolute atomic E-state index is 12.7. The number of halogens is 4. The van der Waals surface area contributed by atoms with Gasteiger partial charge in [0.05, 0.1) is 21.0 Å². The van der Waals surface area contributed by atoms with Crippen LogP contribution >= 0.6 is 11.6 Å². The third-order valence-corrected chi connectivity index (χ3v) is 6.20. The largest absolute Gasteiger partial charge is 0.491 e. The molecular formula is C19H20ClF3N2O5S. The Kier molecular flexibility index (Phi) is 7.93. The molecule has 2 aromatic carbocycles. The number of amides is 1. The van der Waals surface area contributed by atoms with Crippen LogP contribution in [-0.4, -0.2) is 57.1 Å². The summed E-state index contributed by atoms with van der Waals surface area (Å²) in [5.74, 6) is -0.830. The van der Waals surface area contributed by atoms with E-state index in [1.54, 1.807) is 0 Å². The maximum Gasteiger partial charge on any atom is 0.416 e. The first-order valence-corrected chi connectivity index (χ1v) is 10.6. The zero-order valence-corrected chi connectivity index (χ0v) is 18.1. The van der Waals surface area contributed by atoms with Crippen molar-refractivity contribution in [3.63, 3.8) is 0 Å². The molecule has 2 aromatic rings. The molecule has 170 valence electrons. The lowest BCUT2D eigenvalue weighted by molar-refractivity contribution is -0.137. The number of benzene rings is 2. The summed E-state index contributed by atoms with van der Waals surface area (Å²) in [5, 5.41) is 12.3. The van der Waals surface area contributed by atoms with Crippen LogP contribution in [0.1, 0.15) is 15.9 Å². The number of carbonyl (C=O) groups is 1. The molecule has 0 saturated carbocycles. The van der Waals surface area contributed by atoms with E-state index in [4.69, 9.17) is 16.3 Å². The molecule has 1 unspecified atom stereocenters. The summed E-state index contributed by atoms with van der Waals surface area (Å²) in [6.45, 7) is -0.691. The van der Waals surface area contributed by atoms with Gasteiger partial charge in [-0.15, -0.1) is 0 Å². The third kappa shape index (κ3) is 6.57. The first kappa shape index (κ1) is 24.9. The summed E-state index contributed by atoms with van der Waals surface area (Å²) >= 11 is 5.98. The van der Waals surface area contributed by atoms with E-state index >= 15 is 0 Å².